The van der Waals surface area contributed by atoms with Crippen LogP contribution < -0.4 is 5.32 Å². The molecule has 5 nitrogen and oxygen atoms in total. The molecule has 1 aliphatic carbocycles. The molecule has 2 heterocycles. The van der Waals surface area contributed by atoms with Gasteiger partial charge in [0.15, 0.2) is 0 Å². The van der Waals surface area contributed by atoms with Crippen LogP contribution in [-0.2, 0) is 11.8 Å². The largest absolute Gasteiger partial charge is 0.336 e. The highest BCUT2D eigenvalue weighted by molar-refractivity contribution is 6.42. The molecule has 1 N–H and O–H groups in total. The Morgan fingerprint density at radius 1 is 1.31 bits per heavy atom. The van der Waals surface area contributed by atoms with Crippen molar-refractivity contribution in [3.8, 4) is 0 Å². The van der Waals surface area contributed by atoms with Crippen molar-refractivity contribution >= 4 is 41.5 Å². The van der Waals surface area contributed by atoms with Gasteiger partial charge in [0.1, 0.15) is 11.9 Å². The third-order valence-corrected chi connectivity index (χ3v) is 5.90. The normalized spacial score (nSPS) is 24.9. The lowest BCUT2D eigenvalue weighted by Crippen LogP contribution is -2.50. The Balaban J connectivity index is 0.00000196. The van der Waals surface area contributed by atoms with Crippen molar-refractivity contribution < 1.29 is 4.79 Å². The highest BCUT2D eigenvalue weighted by Crippen LogP contribution is 2.50. The standard InChI is InChI=1S/C18H20Cl2N4O.ClH/c1-23-6-5-22-17(23)16-10-21-4-7-24(16)18(25)13-9-12(13)11-2-3-14(19)15(20)8-11;/h2-3,5-6,8,12-13,16,21H,4,7,9-10H2,1H3;1H. The lowest BCUT2D eigenvalue weighted by atomic mass is 10.1. The van der Waals surface area contributed by atoms with Crippen LogP contribution in [0.5, 0.6) is 0 Å². The number of imidazole rings is 1. The van der Waals surface area contributed by atoms with E-state index in [9.17, 15) is 4.79 Å². The van der Waals surface area contributed by atoms with Gasteiger partial charge in [-0.15, -0.1) is 12.4 Å². The molecular formula is C18H21Cl3N4O. The van der Waals surface area contributed by atoms with E-state index in [1.807, 2.05) is 34.8 Å². The molecule has 26 heavy (non-hydrogen) atoms. The molecule has 140 valence electrons. The molecule has 4 rings (SSSR count). The predicted octanol–water partition coefficient (Wildman–Crippen LogP) is 3.43. The van der Waals surface area contributed by atoms with Crippen molar-refractivity contribution in [2.45, 2.75) is 18.4 Å². The summed E-state index contributed by atoms with van der Waals surface area (Å²) in [4.78, 5) is 19.5. The van der Waals surface area contributed by atoms with Crippen molar-refractivity contribution in [1.29, 1.82) is 0 Å². The fourth-order valence-corrected chi connectivity index (χ4v) is 4.00. The van der Waals surface area contributed by atoms with Crippen LogP contribution in [0.25, 0.3) is 0 Å². The van der Waals surface area contributed by atoms with Crippen molar-refractivity contribution in [2.24, 2.45) is 13.0 Å². The summed E-state index contributed by atoms with van der Waals surface area (Å²) in [6, 6.07) is 5.65. The monoisotopic (exact) mass is 414 g/mol. The second-order valence-electron chi connectivity index (χ2n) is 6.77. The molecule has 1 saturated carbocycles. The molecule has 0 radical (unpaired) electrons. The smallest absolute Gasteiger partial charge is 0.227 e. The number of hydrogen-bond acceptors (Lipinski definition) is 3. The van der Waals surface area contributed by atoms with E-state index in [0.29, 0.717) is 16.6 Å². The number of aromatic nitrogens is 2. The Morgan fingerprint density at radius 2 is 2.12 bits per heavy atom. The zero-order valence-corrected chi connectivity index (χ0v) is 16.7. The molecule has 0 bridgehead atoms. The van der Waals surface area contributed by atoms with E-state index in [2.05, 4.69) is 10.3 Å². The Hall–Kier alpha value is -1.27. The average Bonchev–Trinajstić information content (AvgIpc) is 3.31. The number of rotatable bonds is 3. The van der Waals surface area contributed by atoms with Crippen LogP contribution in [0, 0.1) is 5.92 Å². The van der Waals surface area contributed by atoms with Gasteiger partial charge in [-0.25, -0.2) is 4.98 Å². The number of hydrogen-bond donors (Lipinski definition) is 1. The van der Waals surface area contributed by atoms with E-state index in [0.717, 1.165) is 30.9 Å². The van der Waals surface area contributed by atoms with Crippen molar-refractivity contribution in [3.05, 3.63) is 52.0 Å². The lowest BCUT2D eigenvalue weighted by molar-refractivity contribution is -0.136. The second kappa shape index (κ2) is 7.77. The first-order valence-corrected chi connectivity index (χ1v) is 9.25. The first-order chi connectivity index (χ1) is 12.1. The molecule has 0 spiro atoms. The van der Waals surface area contributed by atoms with E-state index in [1.165, 1.54) is 0 Å². The van der Waals surface area contributed by atoms with Crippen LogP contribution in [0.15, 0.2) is 30.6 Å². The number of nitrogens with one attached hydrogen (secondary N) is 1. The van der Waals surface area contributed by atoms with Gasteiger partial charge in [-0.3, -0.25) is 4.79 Å². The molecule has 2 aliphatic rings. The summed E-state index contributed by atoms with van der Waals surface area (Å²) in [6.07, 6.45) is 4.57. The fourth-order valence-electron chi connectivity index (χ4n) is 3.69. The Labute approximate surface area is 169 Å². The molecule has 8 heteroatoms. The van der Waals surface area contributed by atoms with E-state index in [1.54, 1.807) is 12.3 Å². The van der Waals surface area contributed by atoms with Gasteiger partial charge >= 0.3 is 0 Å². The summed E-state index contributed by atoms with van der Waals surface area (Å²) in [5.41, 5.74) is 1.09. The number of carbonyl (C=O) groups excluding carboxylic acids is 1. The predicted molar refractivity (Wildman–Crippen MR) is 105 cm³/mol. The molecule has 3 unspecified atom stereocenters. The maximum atomic E-state index is 13.1. The van der Waals surface area contributed by atoms with Crippen LogP contribution in [-0.4, -0.2) is 40.0 Å². The molecule has 1 saturated heterocycles. The summed E-state index contributed by atoms with van der Waals surface area (Å²) < 4.78 is 1.99. The van der Waals surface area contributed by atoms with Crippen LogP contribution in [0.1, 0.15) is 29.8 Å². The van der Waals surface area contributed by atoms with Gasteiger partial charge in [0.05, 0.1) is 10.0 Å². The molecule has 1 aromatic carbocycles. The number of benzene rings is 1. The van der Waals surface area contributed by atoms with Crippen molar-refractivity contribution in [2.75, 3.05) is 19.6 Å². The number of amides is 1. The Kier molecular flexibility index (Phi) is 5.82. The van der Waals surface area contributed by atoms with Gasteiger partial charge in [0.25, 0.3) is 0 Å². The Morgan fingerprint density at radius 3 is 2.81 bits per heavy atom. The molecule has 1 amide bonds. The van der Waals surface area contributed by atoms with E-state index in [-0.39, 0.29) is 36.2 Å². The van der Waals surface area contributed by atoms with Crippen LogP contribution >= 0.6 is 35.6 Å². The maximum absolute atomic E-state index is 13.1. The van der Waals surface area contributed by atoms with E-state index in [4.69, 9.17) is 23.2 Å². The minimum Gasteiger partial charge on any atom is -0.336 e. The van der Waals surface area contributed by atoms with Gasteiger partial charge in [0, 0.05) is 45.0 Å². The first-order valence-electron chi connectivity index (χ1n) is 8.49. The number of carbonyl (C=O) groups is 1. The molecule has 1 aliphatic heterocycles. The molecule has 1 aromatic heterocycles. The summed E-state index contributed by atoms with van der Waals surface area (Å²) in [7, 11) is 1.97. The molecule has 3 atom stereocenters. The van der Waals surface area contributed by atoms with E-state index >= 15 is 0 Å². The van der Waals surface area contributed by atoms with Crippen molar-refractivity contribution in [3.63, 3.8) is 0 Å². The number of piperazine rings is 1. The highest BCUT2D eigenvalue weighted by atomic mass is 35.5. The average molecular weight is 416 g/mol. The van der Waals surface area contributed by atoms with Gasteiger partial charge in [0.2, 0.25) is 5.91 Å². The maximum Gasteiger partial charge on any atom is 0.227 e. The van der Waals surface area contributed by atoms with Crippen LogP contribution in [0.4, 0.5) is 0 Å². The highest BCUT2D eigenvalue weighted by Gasteiger charge is 2.47. The summed E-state index contributed by atoms with van der Waals surface area (Å²) in [5, 5.41) is 4.47. The van der Waals surface area contributed by atoms with Gasteiger partial charge in [-0.2, -0.15) is 0 Å². The summed E-state index contributed by atoms with van der Waals surface area (Å²) in [6.45, 7) is 2.26. The zero-order chi connectivity index (χ0) is 17.6. The zero-order valence-electron chi connectivity index (χ0n) is 14.4. The molecule has 2 fully saturated rings. The minimum atomic E-state index is -0.0173. The Bertz CT molecular complexity index is 809. The van der Waals surface area contributed by atoms with Crippen molar-refractivity contribution in [1.82, 2.24) is 19.8 Å². The van der Waals surface area contributed by atoms with Crippen LogP contribution in [0.2, 0.25) is 10.0 Å². The van der Waals surface area contributed by atoms with Gasteiger partial charge in [-0.1, -0.05) is 29.3 Å². The minimum absolute atomic E-state index is 0. The van der Waals surface area contributed by atoms with Gasteiger partial charge in [-0.05, 0) is 30.0 Å². The van der Waals surface area contributed by atoms with Crippen LogP contribution in [0.3, 0.4) is 0 Å². The second-order valence-corrected chi connectivity index (χ2v) is 7.58. The van der Waals surface area contributed by atoms with Gasteiger partial charge < -0.3 is 14.8 Å². The quantitative estimate of drug-likeness (QED) is 0.835. The molecular weight excluding hydrogens is 395 g/mol. The third kappa shape index (κ3) is 3.58. The number of aryl methyl sites for hydroxylation is 1. The number of nitrogens with zero attached hydrogens (tertiary/aromatic N) is 3. The fraction of sp³-hybridized carbons (Fsp3) is 0.444. The lowest BCUT2D eigenvalue weighted by Gasteiger charge is -2.36. The molecule has 2 aromatic rings. The SMILES string of the molecule is Cl.Cn1ccnc1C1CNCCN1C(=O)C1CC1c1ccc(Cl)c(Cl)c1. The summed E-state index contributed by atoms with van der Waals surface area (Å²) in [5.74, 6) is 1.40. The third-order valence-electron chi connectivity index (χ3n) is 5.16. The summed E-state index contributed by atoms with van der Waals surface area (Å²) >= 11 is 12.1. The van der Waals surface area contributed by atoms with E-state index < -0.39 is 0 Å². The first kappa shape index (κ1) is 19.5. The topological polar surface area (TPSA) is 50.2 Å². The number of halogens is 3.